The van der Waals surface area contributed by atoms with Crippen molar-refractivity contribution in [3.63, 3.8) is 0 Å². The maximum absolute atomic E-state index is 2.34. The Morgan fingerprint density at radius 2 is 1.70 bits per heavy atom. The Morgan fingerprint density at radius 3 is 2.40 bits per heavy atom. The molecule has 1 heteroatoms. The lowest BCUT2D eigenvalue weighted by Gasteiger charge is -2.30. The zero-order valence-corrected chi connectivity index (χ0v) is 12.4. The zero-order valence-electron chi connectivity index (χ0n) is 12.4. The van der Waals surface area contributed by atoms with E-state index in [0.717, 1.165) is 6.42 Å². The SMILES string of the molecule is CC[C@@](C)(c1ccccc1)c1ccc2c(ccn2C)c1. The van der Waals surface area contributed by atoms with Crippen LogP contribution >= 0.6 is 0 Å². The monoisotopic (exact) mass is 263 g/mol. The van der Waals surface area contributed by atoms with Gasteiger partial charge >= 0.3 is 0 Å². The van der Waals surface area contributed by atoms with Crippen LogP contribution in [0.15, 0.2) is 60.8 Å². The fraction of sp³-hybridized carbons (Fsp3) is 0.263. The standard InChI is InChI=1S/C19H21N/c1-4-19(2,16-8-6-5-7-9-16)17-10-11-18-15(14-17)12-13-20(18)3/h5-14H,4H2,1-3H3/t19-/m0/s1. The Balaban J connectivity index is 2.16. The van der Waals surface area contributed by atoms with Crippen LogP contribution in [0.5, 0.6) is 0 Å². The second-order valence-electron chi connectivity index (χ2n) is 5.75. The Kier molecular flexibility index (Phi) is 3.13. The van der Waals surface area contributed by atoms with E-state index in [-0.39, 0.29) is 5.41 Å². The highest BCUT2D eigenvalue weighted by molar-refractivity contribution is 5.81. The van der Waals surface area contributed by atoms with Gasteiger partial charge in [0.2, 0.25) is 0 Å². The molecule has 0 spiro atoms. The van der Waals surface area contributed by atoms with Gasteiger partial charge in [-0.25, -0.2) is 0 Å². The molecule has 0 amide bonds. The summed E-state index contributed by atoms with van der Waals surface area (Å²) in [6.45, 7) is 4.61. The molecule has 0 radical (unpaired) electrons. The first kappa shape index (κ1) is 13.0. The maximum Gasteiger partial charge on any atom is 0.0477 e. The summed E-state index contributed by atoms with van der Waals surface area (Å²) >= 11 is 0. The molecule has 1 aromatic heterocycles. The lowest BCUT2D eigenvalue weighted by atomic mass is 9.74. The van der Waals surface area contributed by atoms with Gasteiger partial charge < -0.3 is 4.57 Å². The minimum atomic E-state index is 0.0747. The number of aryl methyl sites for hydroxylation is 1. The van der Waals surface area contributed by atoms with Crippen LogP contribution in [-0.2, 0) is 12.5 Å². The van der Waals surface area contributed by atoms with Gasteiger partial charge in [0.05, 0.1) is 0 Å². The Bertz CT molecular complexity index is 724. The molecular formula is C19H21N. The first-order valence-electron chi connectivity index (χ1n) is 7.26. The highest BCUT2D eigenvalue weighted by atomic mass is 14.9. The van der Waals surface area contributed by atoms with Crippen molar-refractivity contribution in [3.05, 3.63) is 71.9 Å². The van der Waals surface area contributed by atoms with E-state index in [1.165, 1.54) is 22.0 Å². The largest absolute Gasteiger partial charge is 0.351 e. The van der Waals surface area contributed by atoms with E-state index in [2.05, 4.69) is 86.3 Å². The zero-order chi connectivity index (χ0) is 14.2. The number of nitrogens with zero attached hydrogens (tertiary/aromatic N) is 1. The van der Waals surface area contributed by atoms with E-state index in [1.54, 1.807) is 0 Å². The molecule has 0 saturated carbocycles. The fourth-order valence-electron chi connectivity index (χ4n) is 3.01. The molecule has 0 aliphatic heterocycles. The van der Waals surface area contributed by atoms with Gasteiger partial charge in [0.15, 0.2) is 0 Å². The highest BCUT2D eigenvalue weighted by Crippen LogP contribution is 2.36. The van der Waals surface area contributed by atoms with Crippen molar-refractivity contribution in [3.8, 4) is 0 Å². The first-order valence-corrected chi connectivity index (χ1v) is 7.26. The molecule has 0 fully saturated rings. The van der Waals surface area contributed by atoms with E-state index >= 15 is 0 Å². The summed E-state index contributed by atoms with van der Waals surface area (Å²) in [6.07, 6.45) is 3.22. The summed E-state index contributed by atoms with van der Waals surface area (Å²) in [5, 5.41) is 1.32. The molecule has 0 aliphatic carbocycles. The number of hydrogen-bond donors (Lipinski definition) is 0. The van der Waals surface area contributed by atoms with Crippen molar-refractivity contribution >= 4 is 10.9 Å². The van der Waals surface area contributed by atoms with Gasteiger partial charge in [0.1, 0.15) is 0 Å². The molecule has 0 saturated heterocycles. The average molecular weight is 263 g/mol. The number of fused-ring (bicyclic) bond motifs is 1. The summed E-state index contributed by atoms with van der Waals surface area (Å²) in [6, 6.07) is 19.9. The van der Waals surface area contributed by atoms with Gasteiger partial charge in [-0.05, 0) is 41.1 Å². The Hall–Kier alpha value is -2.02. The molecule has 2 aromatic carbocycles. The van der Waals surface area contributed by atoms with Crippen molar-refractivity contribution in [2.24, 2.45) is 7.05 Å². The van der Waals surface area contributed by atoms with Gasteiger partial charge in [-0.2, -0.15) is 0 Å². The minimum absolute atomic E-state index is 0.0747. The first-order chi connectivity index (χ1) is 9.65. The predicted octanol–water partition coefficient (Wildman–Crippen LogP) is 4.89. The minimum Gasteiger partial charge on any atom is -0.351 e. The lowest BCUT2D eigenvalue weighted by molar-refractivity contribution is 0.550. The molecule has 1 atom stereocenters. The smallest absolute Gasteiger partial charge is 0.0477 e. The normalized spacial score (nSPS) is 14.3. The van der Waals surface area contributed by atoms with E-state index < -0.39 is 0 Å². The number of benzene rings is 2. The molecular weight excluding hydrogens is 242 g/mol. The van der Waals surface area contributed by atoms with Crippen LogP contribution in [0.3, 0.4) is 0 Å². The predicted molar refractivity (Wildman–Crippen MR) is 86.1 cm³/mol. The molecule has 0 bridgehead atoms. The van der Waals surface area contributed by atoms with E-state index in [0.29, 0.717) is 0 Å². The highest BCUT2D eigenvalue weighted by Gasteiger charge is 2.26. The summed E-state index contributed by atoms with van der Waals surface area (Å²) in [5.74, 6) is 0. The van der Waals surface area contributed by atoms with Gasteiger partial charge in [-0.15, -0.1) is 0 Å². The molecule has 1 heterocycles. The third-order valence-corrected chi connectivity index (χ3v) is 4.64. The average Bonchev–Trinajstić information content (AvgIpc) is 2.88. The van der Waals surface area contributed by atoms with Crippen LogP contribution < -0.4 is 0 Å². The maximum atomic E-state index is 2.34. The van der Waals surface area contributed by atoms with Crippen LogP contribution in [0.25, 0.3) is 10.9 Å². The second-order valence-corrected chi connectivity index (χ2v) is 5.75. The Labute approximate surface area is 120 Å². The second kappa shape index (κ2) is 4.82. The van der Waals surface area contributed by atoms with Crippen molar-refractivity contribution in [2.75, 3.05) is 0 Å². The molecule has 20 heavy (non-hydrogen) atoms. The summed E-state index contributed by atoms with van der Waals surface area (Å²) < 4.78 is 2.17. The number of hydrogen-bond acceptors (Lipinski definition) is 0. The van der Waals surface area contributed by atoms with Crippen LogP contribution in [0.1, 0.15) is 31.4 Å². The van der Waals surface area contributed by atoms with Gasteiger partial charge in [-0.3, -0.25) is 0 Å². The third-order valence-electron chi connectivity index (χ3n) is 4.64. The molecule has 0 aliphatic rings. The summed E-state index contributed by atoms with van der Waals surface area (Å²) in [4.78, 5) is 0. The third kappa shape index (κ3) is 1.94. The van der Waals surface area contributed by atoms with Crippen LogP contribution in [0, 0.1) is 0 Å². The lowest BCUT2D eigenvalue weighted by Crippen LogP contribution is -2.22. The van der Waals surface area contributed by atoms with Gasteiger partial charge in [0.25, 0.3) is 0 Å². The molecule has 3 aromatic rings. The van der Waals surface area contributed by atoms with Crippen LogP contribution in [0.2, 0.25) is 0 Å². The van der Waals surface area contributed by atoms with Gasteiger partial charge in [0, 0.05) is 24.2 Å². The summed E-state index contributed by atoms with van der Waals surface area (Å²) in [5.41, 5.74) is 4.15. The topological polar surface area (TPSA) is 4.93 Å². The fourth-order valence-corrected chi connectivity index (χ4v) is 3.01. The van der Waals surface area contributed by atoms with Crippen molar-refractivity contribution in [1.29, 1.82) is 0 Å². The molecule has 0 N–H and O–H groups in total. The molecule has 0 unspecified atom stereocenters. The number of rotatable bonds is 3. The molecule has 3 rings (SSSR count). The Morgan fingerprint density at radius 1 is 0.950 bits per heavy atom. The van der Waals surface area contributed by atoms with E-state index in [9.17, 15) is 0 Å². The van der Waals surface area contributed by atoms with Crippen LogP contribution in [0.4, 0.5) is 0 Å². The molecule has 1 nitrogen and oxygen atoms in total. The summed E-state index contributed by atoms with van der Waals surface area (Å²) in [7, 11) is 2.10. The number of aromatic nitrogens is 1. The van der Waals surface area contributed by atoms with Crippen molar-refractivity contribution in [2.45, 2.75) is 25.7 Å². The van der Waals surface area contributed by atoms with Crippen molar-refractivity contribution in [1.82, 2.24) is 4.57 Å². The van der Waals surface area contributed by atoms with E-state index in [4.69, 9.17) is 0 Å². The van der Waals surface area contributed by atoms with Crippen molar-refractivity contribution < 1.29 is 0 Å². The van der Waals surface area contributed by atoms with E-state index in [1.807, 2.05) is 0 Å². The quantitative estimate of drug-likeness (QED) is 0.633. The molecule has 102 valence electrons. The van der Waals surface area contributed by atoms with Crippen LogP contribution in [-0.4, -0.2) is 4.57 Å². The van der Waals surface area contributed by atoms with Gasteiger partial charge in [-0.1, -0.05) is 50.2 Å².